The van der Waals surface area contributed by atoms with Crippen LogP contribution >= 0.6 is 23.2 Å². The monoisotopic (exact) mass is 206 g/mol. The Bertz CT molecular complexity index is 246. The van der Waals surface area contributed by atoms with E-state index in [9.17, 15) is 4.79 Å². The van der Waals surface area contributed by atoms with Crippen molar-refractivity contribution in [2.45, 2.75) is 13.3 Å². The van der Waals surface area contributed by atoms with E-state index in [0.717, 1.165) is 6.34 Å². The summed E-state index contributed by atoms with van der Waals surface area (Å²) in [6.45, 7) is 5.13. The fourth-order valence-corrected chi connectivity index (χ4v) is 0.396. The molecule has 0 aliphatic heterocycles. The van der Waals surface area contributed by atoms with Crippen molar-refractivity contribution in [1.82, 2.24) is 0 Å². The summed E-state index contributed by atoms with van der Waals surface area (Å²) in [6.07, 6.45) is 1.77. The van der Waals surface area contributed by atoms with Crippen LogP contribution in [-0.2, 0) is 4.79 Å². The average molecular weight is 207 g/mol. The Hall–Kier alpha value is -0.670. The highest BCUT2D eigenvalue weighted by Gasteiger charge is 1.97. The van der Waals surface area contributed by atoms with Gasteiger partial charge in [0.2, 0.25) is 0 Å². The normalized spacial score (nSPS) is 12.1. The van der Waals surface area contributed by atoms with Crippen LogP contribution in [0.25, 0.3) is 0 Å². The predicted molar refractivity (Wildman–Crippen MR) is 52.1 cm³/mol. The van der Waals surface area contributed by atoms with Gasteiger partial charge in [0.25, 0.3) is 5.24 Å². The van der Waals surface area contributed by atoms with Gasteiger partial charge in [-0.15, -0.1) is 0 Å². The lowest BCUT2D eigenvalue weighted by molar-refractivity contribution is -0.108. The summed E-state index contributed by atoms with van der Waals surface area (Å²) >= 11 is 10.6. The first-order chi connectivity index (χ1) is 5.57. The van der Waals surface area contributed by atoms with Crippen molar-refractivity contribution in [3.63, 3.8) is 0 Å². The van der Waals surface area contributed by atoms with Gasteiger partial charge in [-0.05, 0) is 18.0 Å². The van der Waals surface area contributed by atoms with Crippen LogP contribution < -0.4 is 0 Å². The molecule has 0 aromatic rings. The molecular formula is C7H8Cl2N2O. The SMILES string of the molecule is C=C(/N=C\N=C(\Cl)CC)C(=O)Cl. The zero-order chi connectivity index (χ0) is 9.56. The minimum Gasteiger partial charge on any atom is -0.274 e. The molecule has 12 heavy (non-hydrogen) atoms. The molecule has 0 atom stereocenters. The van der Waals surface area contributed by atoms with Crippen molar-refractivity contribution in [3.05, 3.63) is 12.3 Å². The molecule has 0 amide bonds. The maximum Gasteiger partial charge on any atom is 0.270 e. The minimum atomic E-state index is -0.700. The van der Waals surface area contributed by atoms with Gasteiger partial charge < -0.3 is 0 Å². The number of aliphatic imine (C=N–C) groups is 2. The lowest BCUT2D eigenvalue weighted by atomic mass is 10.5. The van der Waals surface area contributed by atoms with Gasteiger partial charge in [0.15, 0.2) is 0 Å². The zero-order valence-corrected chi connectivity index (χ0v) is 8.06. The highest BCUT2D eigenvalue weighted by atomic mass is 35.5. The van der Waals surface area contributed by atoms with Gasteiger partial charge in [0, 0.05) is 0 Å². The van der Waals surface area contributed by atoms with Gasteiger partial charge in [-0.25, -0.2) is 9.98 Å². The lowest BCUT2D eigenvalue weighted by Crippen LogP contribution is -1.88. The number of nitrogens with zero attached hydrogens (tertiary/aromatic N) is 2. The molecule has 0 aliphatic carbocycles. The molecule has 0 aromatic heterocycles. The molecular weight excluding hydrogens is 199 g/mol. The summed E-state index contributed by atoms with van der Waals surface area (Å²) in [7, 11) is 0. The van der Waals surface area contributed by atoms with E-state index >= 15 is 0 Å². The molecule has 3 nitrogen and oxygen atoms in total. The zero-order valence-electron chi connectivity index (χ0n) is 6.55. The first kappa shape index (κ1) is 11.3. The lowest BCUT2D eigenvalue weighted by Gasteiger charge is -1.87. The Kier molecular flexibility index (Phi) is 5.58. The highest BCUT2D eigenvalue weighted by Crippen LogP contribution is 1.97. The molecule has 5 heteroatoms. The van der Waals surface area contributed by atoms with Crippen LogP contribution in [0.1, 0.15) is 13.3 Å². The Morgan fingerprint density at radius 3 is 2.58 bits per heavy atom. The fourth-order valence-electron chi connectivity index (χ4n) is 0.303. The summed E-state index contributed by atoms with van der Waals surface area (Å²) in [6, 6.07) is 0. The van der Waals surface area contributed by atoms with Crippen LogP contribution in [0.2, 0.25) is 0 Å². The molecule has 66 valence electrons. The second-order valence-electron chi connectivity index (χ2n) is 1.82. The number of carbonyl (C=O) groups excluding carboxylic acids is 1. The molecule has 0 aliphatic rings. The molecule has 0 heterocycles. The largest absolute Gasteiger partial charge is 0.274 e. The third-order valence-electron chi connectivity index (χ3n) is 0.930. The van der Waals surface area contributed by atoms with Gasteiger partial charge >= 0.3 is 0 Å². The maximum absolute atomic E-state index is 10.4. The topological polar surface area (TPSA) is 41.8 Å². The number of hydrogen-bond donors (Lipinski definition) is 0. The summed E-state index contributed by atoms with van der Waals surface area (Å²) in [5.74, 6) is 0. The average Bonchev–Trinajstić information content (AvgIpc) is 2.03. The van der Waals surface area contributed by atoms with Gasteiger partial charge in [-0.2, -0.15) is 0 Å². The van der Waals surface area contributed by atoms with Crippen LogP contribution in [0, 0.1) is 0 Å². The summed E-state index contributed by atoms with van der Waals surface area (Å²) in [5, 5.41) is -0.289. The van der Waals surface area contributed by atoms with E-state index in [0.29, 0.717) is 11.6 Å². The van der Waals surface area contributed by atoms with Crippen molar-refractivity contribution >= 4 is 40.0 Å². The Morgan fingerprint density at radius 2 is 2.17 bits per heavy atom. The number of halogens is 2. The van der Waals surface area contributed by atoms with Crippen molar-refractivity contribution in [2.75, 3.05) is 0 Å². The van der Waals surface area contributed by atoms with Crippen LogP contribution in [-0.4, -0.2) is 16.8 Å². The van der Waals surface area contributed by atoms with Crippen LogP contribution in [0.15, 0.2) is 22.3 Å². The maximum atomic E-state index is 10.4. The minimum absolute atomic E-state index is 0.0546. The van der Waals surface area contributed by atoms with E-state index in [4.69, 9.17) is 23.2 Å². The third-order valence-corrected chi connectivity index (χ3v) is 1.51. The molecule has 0 saturated carbocycles. The van der Waals surface area contributed by atoms with E-state index < -0.39 is 5.24 Å². The summed E-state index contributed by atoms with van der Waals surface area (Å²) in [5.41, 5.74) is -0.0546. The second-order valence-corrected chi connectivity index (χ2v) is 2.60. The smallest absolute Gasteiger partial charge is 0.270 e. The predicted octanol–water partition coefficient (Wildman–Crippen LogP) is 2.34. The first-order valence-electron chi connectivity index (χ1n) is 3.21. The van der Waals surface area contributed by atoms with Crippen molar-refractivity contribution in [1.29, 1.82) is 0 Å². The van der Waals surface area contributed by atoms with Crippen LogP contribution in [0.5, 0.6) is 0 Å². The number of carbonyl (C=O) groups is 1. The molecule has 0 bridgehead atoms. The number of allylic oxidation sites excluding steroid dienone is 1. The van der Waals surface area contributed by atoms with E-state index in [2.05, 4.69) is 16.6 Å². The van der Waals surface area contributed by atoms with Crippen LogP contribution in [0.4, 0.5) is 0 Å². The van der Waals surface area contributed by atoms with E-state index in [-0.39, 0.29) is 5.70 Å². The number of rotatable bonds is 4. The summed E-state index contributed by atoms with van der Waals surface area (Å²) < 4.78 is 0. The third kappa shape index (κ3) is 5.04. The second kappa shape index (κ2) is 5.91. The molecule has 0 N–H and O–H groups in total. The van der Waals surface area contributed by atoms with Gasteiger partial charge in [-0.1, -0.05) is 25.1 Å². The molecule has 0 radical (unpaired) electrons. The van der Waals surface area contributed by atoms with Crippen molar-refractivity contribution in [2.24, 2.45) is 9.98 Å². The quantitative estimate of drug-likeness (QED) is 0.302. The molecule has 0 fully saturated rings. The molecule has 0 saturated heterocycles. The number of hydrogen-bond acceptors (Lipinski definition) is 2. The molecule has 0 unspecified atom stereocenters. The van der Waals surface area contributed by atoms with E-state index in [1.54, 1.807) is 0 Å². The van der Waals surface area contributed by atoms with Crippen molar-refractivity contribution in [3.8, 4) is 0 Å². The standard InChI is InChI=1S/C7H8Cl2N2O/c1-3-6(8)11-4-10-5(2)7(9)12/h4H,2-3H2,1H3/b10-4-,11-6+. The molecule has 0 spiro atoms. The summed E-state index contributed by atoms with van der Waals surface area (Å²) in [4.78, 5) is 17.6. The fraction of sp³-hybridized carbons (Fsp3) is 0.286. The van der Waals surface area contributed by atoms with Gasteiger partial charge in [-0.3, -0.25) is 4.79 Å². The van der Waals surface area contributed by atoms with Crippen molar-refractivity contribution < 1.29 is 4.79 Å². The Balaban J connectivity index is 4.09. The highest BCUT2D eigenvalue weighted by molar-refractivity contribution is 6.67. The molecule has 0 aromatic carbocycles. The first-order valence-corrected chi connectivity index (χ1v) is 3.97. The van der Waals surface area contributed by atoms with Gasteiger partial charge in [0.05, 0.1) is 0 Å². The van der Waals surface area contributed by atoms with Gasteiger partial charge in [0.1, 0.15) is 17.2 Å². The van der Waals surface area contributed by atoms with E-state index in [1.807, 2.05) is 6.92 Å². The molecule has 0 rings (SSSR count). The van der Waals surface area contributed by atoms with E-state index in [1.165, 1.54) is 0 Å². The Labute approximate surface area is 80.8 Å². The Morgan fingerprint density at radius 1 is 1.58 bits per heavy atom. The van der Waals surface area contributed by atoms with Crippen LogP contribution in [0.3, 0.4) is 0 Å².